The van der Waals surface area contributed by atoms with Crippen LogP contribution in [0.15, 0.2) is 28.8 Å². The summed E-state index contributed by atoms with van der Waals surface area (Å²) in [6, 6.07) is 7.81. The minimum atomic E-state index is -0.0284. The highest BCUT2D eigenvalue weighted by molar-refractivity contribution is 5.79. The van der Waals surface area contributed by atoms with E-state index in [9.17, 15) is 4.79 Å². The maximum Gasteiger partial charge on any atom is 0.224 e. The molecule has 0 bridgehead atoms. The number of carbonyl (C=O) groups is 1. The molecule has 0 fully saturated rings. The van der Waals surface area contributed by atoms with Crippen LogP contribution in [0.3, 0.4) is 0 Å². The molecule has 0 atom stereocenters. The van der Waals surface area contributed by atoms with Gasteiger partial charge < -0.3 is 14.6 Å². The molecule has 0 saturated carbocycles. The van der Waals surface area contributed by atoms with Gasteiger partial charge in [0.25, 0.3) is 0 Å². The average Bonchev–Trinajstić information content (AvgIpc) is 2.79. The number of carbonyl (C=O) groups excluding carboxylic acids is 1. The molecule has 0 radical (unpaired) electrons. The van der Waals surface area contributed by atoms with Gasteiger partial charge in [-0.05, 0) is 31.9 Å². The largest absolute Gasteiger partial charge is 0.496 e. The van der Waals surface area contributed by atoms with Crippen molar-refractivity contribution in [3.8, 4) is 5.75 Å². The van der Waals surface area contributed by atoms with Crippen molar-refractivity contribution in [3.63, 3.8) is 0 Å². The molecule has 2 rings (SSSR count). The van der Waals surface area contributed by atoms with Crippen LogP contribution in [-0.4, -0.2) is 24.7 Å². The highest BCUT2D eigenvalue weighted by atomic mass is 16.5. The SMILES string of the molecule is COc1ccccc1CCNC(=O)Cc1c(C)noc1C. The van der Waals surface area contributed by atoms with Gasteiger partial charge in [0.15, 0.2) is 0 Å². The summed E-state index contributed by atoms with van der Waals surface area (Å²) in [7, 11) is 1.65. The van der Waals surface area contributed by atoms with Crippen LogP contribution in [0.1, 0.15) is 22.6 Å². The summed E-state index contributed by atoms with van der Waals surface area (Å²) in [6.07, 6.45) is 1.03. The summed E-state index contributed by atoms with van der Waals surface area (Å²) in [6.45, 7) is 4.23. The van der Waals surface area contributed by atoms with Gasteiger partial charge in [-0.3, -0.25) is 4.79 Å². The molecular weight excluding hydrogens is 268 g/mol. The monoisotopic (exact) mass is 288 g/mol. The van der Waals surface area contributed by atoms with Crippen LogP contribution in [0, 0.1) is 13.8 Å². The quantitative estimate of drug-likeness (QED) is 0.885. The molecule has 1 amide bonds. The Hall–Kier alpha value is -2.30. The fourth-order valence-corrected chi connectivity index (χ4v) is 2.22. The number of benzene rings is 1. The maximum atomic E-state index is 11.9. The Morgan fingerprint density at radius 1 is 1.33 bits per heavy atom. The summed E-state index contributed by atoms with van der Waals surface area (Å²) in [4.78, 5) is 11.9. The smallest absolute Gasteiger partial charge is 0.224 e. The Balaban J connectivity index is 1.85. The van der Waals surface area contributed by atoms with E-state index in [0.29, 0.717) is 18.7 Å². The second-order valence-corrected chi connectivity index (χ2v) is 4.89. The zero-order chi connectivity index (χ0) is 15.2. The Labute approximate surface area is 124 Å². The van der Waals surface area contributed by atoms with Crippen molar-refractivity contribution in [2.24, 2.45) is 0 Å². The van der Waals surface area contributed by atoms with Gasteiger partial charge in [0.2, 0.25) is 5.91 Å². The molecule has 1 heterocycles. The van der Waals surface area contributed by atoms with Crippen LogP contribution in [0.25, 0.3) is 0 Å². The molecule has 0 spiro atoms. The molecule has 1 N–H and O–H groups in total. The second kappa shape index (κ2) is 6.92. The van der Waals surface area contributed by atoms with Crippen LogP contribution in [-0.2, 0) is 17.6 Å². The van der Waals surface area contributed by atoms with Crippen LogP contribution in [0.5, 0.6) is 5.75 Å². The van der Waals surface area contributed by atoms with E-state index in [0.717, 1.165) is 29.0 Å². The molecule has 112 valence electrons. The van der Waals surface area contributed by atoms with Crippen molar-refractivity contribution in [1.29, 1.82) is 0 Å². The molecule has 1 aromatic heterocycles. The van der Waals surface area contributed by atoms with E-state index in [4.69, 9.17) is 9.26 Å². The lowest BCUT2D eigenvalue weighted by atomic mass is 10.1. The van der Waals surface area contributed by atoms with Gasteiger partial charge in [-0.15, -0.1) is 0 Å². The molecule has 0 aliphatic carbocycles. The van der Waals surface area contributed by atoms with Crippen molar-refractivity contribution in [2.75, 3.05) is 13.7 Å². The van der Waals surface area contributed by atoms with E-state index in [-0.39, 0.29) is 5.91 Å². The van der Waals surface area contributed by atoms with E-state index in [2.05, 4.69) is 10.5 Å². The van der Waals surface area contributed by atoms with E-state index < -0.39 is 0 Å². The summed E-state index contributed by atoms with van der Waals surface area (Å²) >= 11 is 0. The lowest BCUT2D eigenvalue weighted by molar-refractivity contribution is -0.120. The number of aromatic nitrogens is 1. The van der Waals surface area contributed by atoms with Crippen LogP contribution in [0.4, 0.5) is 0 Å². The number of hydrogen-bond donors (Lipinski definition) is 1. The number of hydrogen-bond acceptors (Lipinski definition) is 4. The third-order valence-corrected chi connectivity index (χ3v) is 3.43. The first-order valence-corrected chi connectivity index (χ1v) is 6.92. The summed E-state index contributed by atoms with van der Waals surface area (Å²) in [5.41, 5.74) is 2.72. The fourth-order valence-electron chi connectivity index (χ4n) is 2.22. The minimum absolute atomic E-state index is 0.0284. The molecule has 0 aliphatic heterocycles. The van der Waals surface area contributed by atoms with Gasteiger partial charge in [-0.1, -0.05) is 23.4 Å². The summed E-state index contributed by atoms with van der Waals surface area (Å²) in [5, 5.41) is 6.76. The summed E-state index contributed by atoms with van der Waals surface area (Å²) < 4.78 is 10.3. The normalized spacial score (nSPS) is 10.4. The number of ether oxygens (including phenoxy) is 1. The zero-order valence-electron chi connectivity index (χ0n) is 12.6. The number of rotatable bonds is 6. The predicted octanol–water partition coefficient (Wildman–Crippen LogP) is 2.20. The van der Waals surface area contributed by atoms with E-state index in [1.165, 1.54) is 0 Å². The molecule has 5 nitrogen and oxygen atoms in total. The van der Waals surface area contributed by atoms with Crippen molar-refractivity contribution in [1.82, 2.24) is 10.5 Å². The lowest BCUT2D eigenvalue weighted by Crippen LogP contribution is -2.27. The molecule has 0 unspecified atom stereocenters. The number of methoxy groups -OCH3 is 1. The lowest BCUT2D eigenvalue weighted by Gasteiger charge is -2.09. The van der Waals surface area contributed by atoms with Crippen molar-refractivity contribution >= 4 is 5.91 Å². The van der Waals surface area contributed by atoms with E-state index >= 15 is 0 Å². The number of amides is 1. The Bertz CT molecular complexity index is 600. The Morgan fingerprint density at radius 2 is 2.10 bits per heavy atom. The van der Waals surface area contributed by atoms with Crippen molar-refractivity contribution in [3.05, 3.63) is 46.8 Å². The Kier molecular flexibility index (Phi) is 4.98. The number of nitrogens with one attached hydrogen (secondary N) is 1. The van der Waals surface area contributed by atoms with Gasteiger partial charge >= 0.3 is 0 Å². The molecule has 0 aliphatic rings. The summed E-state index contributed by atoms with van der Waals surface area (Å²) in [5.74, 6) is 1.52. The number of nitrogens with zero attached hydrogens (tertiary/aromatic N) is 1. The number of aryl methyl sites for hydroxylation is 2. The maximum absolute atomic E-state index is 11.9. The molecule has 5 heteroatoms. The van der Waals surface area contributed by atoms with Crippen LogP contribution in [0.2, 0.25) is 0 Å². The average molecular weight is 288 g/mol. The zero-order valence-corrected chi connectivity index (χ0v) is 12.6. The predicted molar refractivity (Wildman–Crippen MR) is 79.4 cm³/mol. The Morgan fingerprint density at radius 3 is 2.76 bits per heavy atom. The highest BCUT2D eigenvalue weighted by Crippen LogP contribution is 2.17. The van der Waals surface area contributed by atoms with Gasteiger partial charge in [-0.25, -0.2) is 0 Å². The van der Waals surface area contributed by atoms with Crippen molar-refractivity contribution in [2.45, 2.75) is 26.7 Å². The molecule has 21 heavy (non-hydrogen) atoms. The molecule has 0 saturated heterocycles. The van der Waals surface area contributed by atoms with E-state index in [1.807, 2.05) is 38.1 Å². The topological polar surface area (TPSA) is 64.4 Å². The van der Waals surface area contributed by atoms with Gasteiger partial charge in [0.05, 0.1) is 19.2 Å². The number of para-hydroxylation sites is 1. The molecule has 1 aromatic carbocycles. The van der Waals surface area contributed by atoms with Crippen molar-refractivity contribution < 1.29 is 14.1 Å². The first-order valence-electron chi connectivity index (χ1n) is 6.92. The van der Waals surface area contributed by atoms with Crippen LogP contribution >= 0.6 is 0 Å². The fraction of sp³-hybridized carbons (Fsp3) is 0.375. The molecular formula is C16H20N2O3. The first-order chi connectivity index (χ1) is 10.1. The third kappa shape index (κ3) is 3.84. The third-order valence-electron chi connectivity index (χ3n) is 3.43. The first kappa shape index (κ1) is 15.1. The van der Waals surface area contributed by atoms with Gasteiger partial charge in [0.1, 0.15) is 11.5 Å². The van der Waals surface area contributed by atoms with Gasteiger partial charge in [-0.2, -0.15) is 0 Å². The minimum Gasteiger partial charge on any atom is -0.496 e. The van der Waals surface area contributed by atoms with Gasteiger partial charge in [0, 0.05) is 12.1 Å². The standard InChI is InChI=1S/C16H20N2O3/c1-11-14(12(2)21-18-11)10-16(19)17-9-8-13-6-4-5-7-15(13)20-3/h4-7H,8-10H2,1-3H3,(H,17,19). The molecule has 2 aromatic rings. The second-order valence-electron chi connectivity index (χ2n) is 4.89. The van der Waals surface area contributed by atoms with E-state index in [1.54, 1.807) is 7.11 Å². The highest BCUT2D eigenvalue weighted by Gasteiger charge is 2.13. The van der Waals surface area contributed by atoms with Crippen LogP contribution < -0.4 is 10.1 Å².